The molecule has 1 heterocycles. The van der Waals surface area contributed by atoms with E-state index in [1.54, 1.807) is 31.3 Å². The number of benzene rings is 1. The zero-order chi connectivity index (χ0) is 14.0. The fourth-order valence-corrected chi connectivity index (χ4v) is 2.99. The van der Waals surface area contributed by atoms with E-state index in [0.717, 1.165) is 5.56 Å². The summed E-state index contributed by atoms with van der Waals surface area (Å²) in [5.74, 6) is 0. The molecule has 2 rings (SSSR count). The lowest BCUT2D eigenvalue weighted by molar-refractivity contribution is 0.578. The Labute approximate surface area is 121 Å². The summed E-state index contributed by atoms with van der Waals surface area (Å²) in [7, 11) is -2.11. The minimum Gasteiger partial charge on any atom is -0.324 e. The number of sulfonamides is 1. The van der Waals surface area contributed by atoms with Crippen LogP contribution in [0.25, 0.3) is 0 Å². The average Bonchev–Trinajstić information content (AvgIpc) is 2.70. The summed E-state index contributed by atoms with van der Waals surface area (Å²) in [6.07, 6.45) is 1.35. The van der Waals surface area contributed by atoms with Crippen LogP contribution in [0.3, 0.4) is 0 Å². The first-order valence-electron chi connectivity index (χ1n) is 5.31. The van der Waals surface area contributed by atoms with Crippen molar-refractivity contribution in [3.05, 3.63) is 46.3 Å². The maximum atomic E-state index is 12.0. The van der Waals surface area contributed by atoms with Gasteiger partial charge in [0.2, 0.25) is 5.03 Å². The highest BCUT2D eigenvalue weighted by atomic mass is 35.5. The number of nitrogens with zero attached hydrogens (tertiary/aromatic N) is 2. The number of hydrogen-bond donors (Lipinski definition) is 1. The molecule has 0 saturated heterocycles. The van der Waals surface area contributed by atoms with Crippen molar-refractivity contribution >= 4 is 33.2 Å². The standard InChI is InChI=1S/C11H11Cl2N3O2S/c1-16-7-14-11(10(16)13)19(17,18)15-6-8-2-4-9(12)5-3-8/h2-5,7,15H,6H2,1H3. The van der Waals surface area contributed by atoms with E-state index < -0.39 is 10.0 Å². The van der Waals surface area contributed by atoms with E-state index in [-0.39, 0.29) is 16.7 Å². The zero-order valence-electron chi connectivity index (χ0n) is 9.97. The molecule has 0 bridgehead atoms. The van der Waals surface area contributed by atoms with E-state index in [2.05, 4.69) is 9.71 Å². The van der Waals surface area contributed by atoms with Crippen molar-refractivity contribution < 1.29 is 8.42 Å². The fourth-order valence-electron chi connectivity index (χ4n) is 1.42. The van der Waals surface area contributed by atoms with Crippen molar-refractivity contribution in [2.45, 2.75) is 11.6 Å². The van der Waals surface area contributed by atoms with Gasteiger partial charge < -0.3 is 4.57 Å². The molecule has 5 nitrogen and oxygen atoms in total. The van der Waals surface area contributed by atoms with Crippen molar-refractivity contribution in [3.8, 4) is 0 Å². The van der Waals surface area contributed by atoms with Crippen molar-refractivity contribution in [1.29, 1.82) is 0 Å². The first-order chi connectivity index (χ1) is 8.90. The second-order valence-electron chi connectivity index (χ2n) is 3.90. The Balaban J connectivity index is 2.14. The summed E-state index contributed by atoms with van der Waals surface area (Å²) in [4.78, 5) is 3.77. The Morgan fingerprint density at radius 2 is 1.89 bits per heavy atom. The average molecular weight is 320 g/mol. The Hall–Kier alpha value is -1.08. The Morgan fingerprint density at radius 3 is 2.42 bits per heavy atom. The zero-order valence-corrected chi connectivity index (χ0v) is 12.3. The van der Waals surface area contributed by atoms with E-state index in [4.69, 9.17) is 23.2 Å². The van der Waals surface area contributed by atoms with Crippen LogP contribution in [-0.2, 0) is 23.6 Å². The first kappa shape index (κ1) is 14.3. The van der Waals surface area contributed by atoms with Crippen LogP contribution in [0.2, 0.25) is 10.2 Å². The van der Waals surface area contributed by atoms with Crippen molar-refractivity contribution in [2.75, 3.05) is 0 Å². The van der Waals surface area contributed by atoms with Gasteiger partial charge in [0.05, 0.1) is 6.33 Å². The van der Waals surface area contributed by atoms with Crippen LogP contribution in [0, 0.1) is 0 Å². The second-order valence-corrected chi connectivity index (χ2v) is 6.38. The van der Waals surface area contributed by atoms with Crippen molar-refractivity contribution in [2.24, 2.45) is 7.05 Å². The summed E-state index contributed by atoms with van der Waals surface area (Å²) in [5.41, 5.74) is 0.792. The summed E-state index contributed by atoms with van der Waals surface area (Å²) >= 11 is 11.6. The molecule has 102 valence electrons. The summed E-state index contributed by atoms with van der Waals surface area (Å²) in [5, 5.41) is 0.494. The molecule has 1 N–H and O–H groups in total. The molecular weight excluding hydrogens is 309 g/mol. The number of halogens is 2. The molecule has 2 aromatic rings. The van der Waals surface area contributed by atoms with E-state index in [1.807, 2.05) is 0 Å². The van der Waals surface area contributed by atoms with Crippen LogP contribution >= 0.6 is 23.2 Å². The van der Waals surface area contributed by atoms with Gasteiger partial charge in [0, 0.05) is 18.6 Å². The highest BCUT2D eigenvalue weighted by Gasteiger charge is 2.21. The third-order valence-electron chi connectivity index (χ3n) is 2.47. The molecule has 1 aromatic heterocycles. The molecular formula is C11H11Cl2N3O2S. The number of hydrogen-bond acceptors (Lipinski definition) is 3. The first-order valence-corrected chi connectivity index (χ1v) is 7.55. The van der Waals surface area contributed by atoms with Gasteiger partial charge in [-0.2, -0.15) is 0 Å². The van der Waals surface area contributed by atoms with E-state index in [0.29, 0.717) is 5.02 Å². The van der Waals surface area contributed by atoms with Gasteiger partial charge in [-0.15, -0.1) is 0 Å². The molecule has 1 aromatic carbocycles. The molecule has 0 aliphatic heterocycles. The maximum Gasteiger partial charge on any atom is 0.261 e. The molecule has 0 unspecified atom stereocenters. The van der Waals surface area contributed by atoms with Gasteiger partial charge in [-0.3, -0.25) is 0 Å². The molecule has 19 heavy (non-hydrogen) atoms. The predicted molar refractivity (Wildman–Crippen MR) is 73.7 cm³/mol. The number of nitrogens with one attached hydrogen (secondary N) is 1. The Bertz CT molecular complexity index is 680. The van der Waals surface area contributed by atoms with Gasteiger partial charge in [-0.1, -0.05) is 35.3 Å². The van der Waals surface area contributed by atoms with E-state index in [9.17, 15) is 8.42 Å². The smallest absolute Gasteiger partial charge is 0.261 e. The number of rotatable bonds is 4. The number of imidazole rings is 1. The highest BCUT2D eigenvalue weighted by Crippen LogP contribution is 2.18. The van der Waals surface area contributed by atoms with Crippen LogP contribution in [0.5, 0.6) is 0 Å². The minimum atomic E-state index is -3.73. The lowest BCUT2D eigenvalue weighted by Gasteiger charge is -2.05. The predicted octanol–water partition coefficient (Wildman–Crippen LogP) is 2.21. The third kappa shape index (κ3) is 3.27. The van der Waals surface area contributed by atoms with Gasteiger partial charge in [-0.05, 0) is 17.7 Å². The molecule has 0 aliphatic carbocycles. The van der Waals surface area contributed by atoms with Crippen molar-refractivity contribution in [1.82, 2.24) is 14.3 Å². The summed E-state index contributed by atoms with van der Waals surface area (Å²) < 4.78 is 27.9. The van der Waals surface area contributed by atoms with Crippen LogP contribution < -0.4 is 4.72 Å². The van der Waals surface area contributed by atoms with Gasteiger partial charge in [0.1, 0.15) is 5.15 Å². The normalized spacial score (nSPS) is 11.7. The van der Waals surface area contributed by atoms with E-state index in [1.165, 1.54) is 10.9 Å². The molecule has 0 amide bonds. The number of aromatic nitrogens is 2. The van der Waals surface area contributed by atoms with Crippen LogP contribution in [-0.4, -0.2) is 18.0 Å². The van der Waals surface area contributed by atoms with Crippen LogP contribution in [0.1, 0.15) is 5.56 Å². The highest BCUT2D eigenvalue weighted by molar-refractivity contribution is 7.89. The molecule has 0 saturated carbocycles. The van der Waals surface area contributed by atoms with Gasteiger partial charge in [0.15, 0.2) is 0 Å². The SMILES string of the molecule is Cn1cnc(S(=O)(=O)NCc2ccc(Cl)cc2)c1Cl. The molecule has 8 heteroatoms. The lowest BCUT2D eigenvalue weighted by Crippen LogP contribution is -2.23. The van der Waals surface area contributed by atoms with Crippen LogP contribution in [0.15, 0.2) is 35.6 Å². The van der Waals surface area contributed by atoms with Crippen molar-refractivity contribution in [3.63, 3.8) is 0 Å². The fraction of sp³-hybridized carbons (Fsp3) is 0.182. The van der Waals surface area contributed by atoms with Crippen LogP contribution in [0.4, 0.5) is 0 Å². The topological polar surface area (TPSA) is 64.0 Å². The maximum absolute atomic E-state index is 12.0. The molecule has 0 aliphatic rings. The van der Waals surface area contributed by atoms with E-state index >= 15 is 0 Å². The second kappa shape index (κ2) is 5.50. The van der Waals surface area contributed by atoms with Gasteiger partial charge in [-0.25, -0.2) is 18.1 Å². The van der Waals surface area contributed by atoms with Gasteiger partial charge in [0.25, 0.3) is 10.0 Å². The molecule has 0 fully saturated rings. The largest absolute Gasteiger partial charge is 0.324 e. The number of aryl methyl sites for hydroxylation is 1. The molecule has 0 atom stereocenters. The summed E-state index contributed by atoms with van der Waals surface area (Å²) in [6, 6.07) is 6.87. The molecule has 0 radical (unpaired) electrons. The summed E-state index contributed by atoms with van der Waals surface area (Å²) in [6.45, 7) is 0.145. The monoisotopic (exact) mass is 319 g/mol. The third-order valence-corrected chi connectivity index (χ3v) is 4.61. The molecule has 0 spiro atoms. The minimum absolute atomic E-state index is 0.0728. The van der Waals surface area contributed by atoms with Gasteiger partial charge >= 0.3 is 0 Å². The quantitative estimate of drug-likeness (QED) is 0.939. The Kier molecular flexibility index (Phi) is 4.15. The Morgan fingerprint density at radius 1 is 1.26 bits per heavy atom. The lowest BCUT2D eigenvalue weighted by atomic mass is 10.2.